The summed E-state index contributed by atoms with van der Waals surface area (Å²) in [6, 6.07) is 2.07. The summed E-state index contributed by atoms with van der Waals surface area (Å²) in [4.78, 5) is 12.7. The van der Waals surface area contributed by atoms with Crippen LogP contribution in [0.25, 0.3) is 10.2 Å². The van der Waals surface area contributed by atoms with Gasteiger partial charge in [0.15, 0.2) is 0 Å². The fourth-order valence-electron chi connectivity index (χ4n) is 2.52. The molecule has 19 heavy (non-hydrogen) atoms. The van der Waals surface area contributed by atoms with Gasteiger partial charge in [-0.05, 0) is 36.8 Å². The number of fused-ring (bicyclic) bond motifs is 1. The Hall–Kier alpha value is -1.20. The molecule has 0 amide bonds. The van der Waals surface area contributed by atoms with Crippen molar-refractivity contribution in [3.63, 3.8) is 0 Å². The summed E-state index contributed by atoms with van der Waals surface area (Å²) in [5, 5.41) is 6.36. The highest BCUT2D eigenvalue weighted by Crippen LogP contribution is 2.38. The topological polar surface area (TPSA) is 41.1 Å². The molecule has 4 nitrogen and oxygen atoms in total. The Bertz CT molecular complexity index is 580. The van der Waals surface area contributed by atoms with Gasteiger partial charge < -0.3 is 5.32 Å². The van der Waals surface area contributed by atoms with Crippen LogP contribution in [0.1, 0.15) is 19.2 Å². The van der Waals surface area contributed by atoms with Gasteiger partial charge in [0.05, 0.1) is 11.9 Å². The number of anilines is 1. The van der Waals surface area contributed by atoms with Crippen molar-refractivity contribution in [2.75, 3.05) is 26.0 Å². The van der Waals surface area contributed by atoms with Gasteiger partial charge in [0.25, 0.3) is 0 Å². The summed E-state index contributed by atoms with van der Waals surface area (Å²) in [6.07, 6.45) is 1.37. The van der Waals surface area contributed by atoms with Gasteiger partial charge in [0, 0.05) is 13.6 Å². The lowest BCUT2D eigenvalue weighted by Crippen LogP contribution is -2.22. The molecule has 0 saturated heterocycles. The molecule has 0 aromatic carbocycles. The van der Waals surface area contributed by atoms with E-state index in [0.29, 0.717) is 0 Å². The monoisotopic (exact) mass is 276 g/mol. The normalized spacial score (nSPS) is 22.1. The molecule has 0 radical (unpaired) electrons. The van der Waals surface area contributed by atoms with Gasteiger partial charge in [0.2, 0.25) is 0 Å². The Morgan fingerprint density at radius 3 is 2.95 bits per heavy atom. The molecule has 2 atom stereocenters. The van der Waals surface area contributed by atoms with Crippen LogP contribution in [0.3, 0.4) is 0 Å². The highest BCUT2D eigenvalue weighted by Gasteiger charge is 2.33. The van der Waals surface area contributed by atoms with Crippen LogP contribution >= 0.6 is 11.3 Å². The Morgan fingerprint density at radius 2 is 2.26 bits per heavy atom. The zero-order chi connectivity index (χ0) is 13.4. The molecule has 0 spiro atoms. The lowest BCUT2D eigenvalue weighted by Gasteiger charge is -2.16. The van der Waals surface area contributed by atoms with E-state index in [4.69, 9.17) is 0 Å². The van der Waals surface area contributed by atoms with Gasteiger partial charge in [-0.2, -0.15) is 0 Å². The van der Waals surface area contributed by atoms with Gasteiger partial charge in [-0.15, -0.1) is 11.3 Å². The maximum atomic E-state index is 4.66. The van der Waals surface area contributed by atoms with Crippen molar-refractivity contribution in [3.05, 3.63) is 17.3 Å². The zero-order valence-electron chi connectivity index (χ0n) is 11.7. The first-order valence-electron chi connectivity index (χ1n) is 6.77. The average Bonchev–Trinajstić information content (AvgIpc) is 2.89. The molecule has 1 aliphatic rings. The Balaban J connectivity index is 1.76. The van der Waals surface area contributed by atoms with E-state index in [1.807, 2.05) is 7.05 Å². The van der Waals surface area contributed by atoms with Crippen molar-refractivity contribution < 1.29 is 0 Å². The number of thiophene rings is 1. The number of nitrogens with one attached hydrogen (secondary N) is 1. The van der Waals surface area contributed by atoms with Crippen LogP contribution in [0.15, 0.2) is 11.4 Å². The van der Waals surface area contributed by atoms with Gasteiger partial charge in [-0.25, -0.2) is 9.97 Å². The maximum Gasteiger partial charge on any atom is 0.146 e. The van der Waals surface area contributed by atoms with Crippen molar-refractivity contribution >= 4 is 27.4 Å². The Kier molecular flexibility index (Phi) is 3.41. The molecule has 2 heterocycles. The number of hydrogen-bond acceptors (Lipinski definition) is 5. The van der Waals surface area contributed by atoms with Crippen LogP contribution in [0.4, 0.5) is 5.82 Å². The highest BCUT2D eigenvalue weighted by molar-refractivity contribution is 7.16. The minimum absolute atomic E-state index is 0.825. The van der Waals surface area contributed by atoms with E-state index in [0.717, 1.165) is 46.8 Å². The van der Waals surface area contributed by atoms with Gasteiger partial charge in [0.1, 0.15) is 16.5 Å². The maximum absolute atomic E-state index is 4.66. The van der Waals surface area contributed by atoms with Gasteiger partial charge in [-0.3, -0.25) is 4.90 Å². The summed E-state index contributed by atoms with van der Waals surface area (Å²) >= 11 is 1.68. The first kappa shape index (κ1) is 12.8. The number of aromatic nitrogens is 2. The lowest BCUT2D eigenvalue weighted by atomic mass is 10.3. The van der Waals surface area contributed by atoms with Crippen LogP contribution < -0.4 is 5.32 Å². The minimum atomic E-state index is 0.825. The number of rotatable bonds is 5. The molecule has 1 N–H and O–H groups in total. The van der Waals surface area contributed by atoms with Gasteiger partial charge >= 0.3 is 0 Å². The molecule has 2 unspecified atom stereocenters. The van der Waals surface area contributed by atoms with Crippen molar-refractivity contribution in [1.82, 2.24) is 14.9 Å². The predicted molar refractivity (Wildman–Crippen MR) is 80.6 cm³/mol. The van der Waals surface area contributed by atoms with Crippen LogP contribution in [-0.4, -0.2) is 35.5 Å². The summed E-state index contributed by atoms with van der Waals surface area (Å²) in [7, 11) is 4.07. The Labute approximate surface area is 117 Å². The van der Waals surface area contributed by atoms with Crippen LogP contribution in [-0.2, 0) is 6.54 Å². The minimum Gasteiger partial charge on any atom is -0.372 e. The summed E-state index contributed by atoms with van der Waals surface area (Å²) in [5.74, 6) is 3.62. The van der Waals surface area contributed by atoms with Crippen LogP contribution in [0.5, 0.6) is 0 Å². The summed E-state index contributed by atoms with van der Waals surface area (Å²) in [6.45, 7) is 4.31. The Morgan fingerprint density at radius 1 is 1.47 bits per heavy atom. The molecule has 1 saturated carbocycles. The molecule has 3 rings (SSSR count). The third-order valence-corrected chi connectivity index (χ3v) is 4.65. The van der Waals surface area contributed by atoms with E-state index >= 15 is 0 Å². The first-order chi connectivity index (χ1) is 9.17. The van der Waals surface area contributed by atoms with Crippen molar-refractivity contribution in [1.29, 1.82) is 0 Å². The zero-order valence-corrected chi connectivity index (χ0v) is 12.5. The molecular formula is C14H20N4S. The predicted octanol–water partition coefficient (Wildman–Crippen LogP) is 2.82. The molecule has 5 heteroatoms. The highest BCUT2D eigenvalue weighted by atomic mass is 32.1. The third-order valence-electron chi connectivity index (χ3n) is 3.84. The summed E-state index contributed by atoms with van der Waals surface area (Å²) in [5.41, 5.74) is 0. The lowest BCUT2D eigenvalue weighted by molar-refractivity contribution is 0.300. The largest absolute Gasteiger partial charge is 0.372 e. The average molecular weight is 276 g/mol. The standard InChI is InChI=1S/C14H20N4S/c1-9-6-10(9)7-18(3)8-12-16-13(15-2)11-4-5-19-14(11)17-12/h4-5,9-10H,6-8H2,1-3H3,(H,15,16,17). The second-order valence-corrected chi connectivity index (χ2v) is 6.44. The quantitative estimate of drug-likeness (QED) is 0.911. The number of nitrogens with zero attached hydrogens (tertiary/aromatic N) is 3. The third kappa shape index (κ3) is 2.72. The van der Waals surface area contributed by atoms with Gasteiger partial charge in [-0.1, -0.05) is 6.92 Å². The molecule has 2 aromatic rings. The molecule has 0 bridgehead atoms. The van der Waals surface area contributed by atoms with E-state index in [1.165, 1.54) is 6.42 Å². The number of hydrogen-bond donors (Lipinski definition) is 1. The molecule has 0 aliphatic heterocycles. The smallest absolute Gasteiger partial charge is 0.146 e. The molecule has 102 valence electrons. The summed E-state index contributed by atoms with van der Waals surface area (Å²) < 4.78 is 0. The van der Waals surface area contributed by atoms with Crippen LogP contribution in [0, 0.1) is 11.8 Å². The van der Waals surface area contributed by atoms with E-state index in [9.17, 15) is 0 Å². The van der Waals surface area contributed by atoms with E-state index in [2.05, 4.69) is 45.6 Å². The van der Waals surface area contributed by atoms with E-state index in [-0.39, 0.29) is 0 Å². The SMILES string of the molecule is CNc1nc(CN(C)CC2CC2C)nc2sccc12. The molecule has 1 aliphatic carbocycles. The van der Waals surface area contributed by atoms with Crippen LogP contribution in [0.2, 0.25) is 0 Å². The van der Waals surface area contributed by atoms with Crippen molar-refractivity contribution in [2.24, 2.45) is 11.8 Å². The van der Waals surface area contributed by atoms with Crippen molar-refractivity contribution in [2.45, 2.75) is 19.9 Å². The second kappa shape index (κ2) is 5.06. The fourth-order valence-corrected chi connectivity index (χ4v) is 3.30. The molecule has 1 fully saturated rings. The second-order valence-electron chi connectivity index (χ2n) is 5.55. The molecule has 2 aromatic heterocycles. The molecular weight excluding hydrogens is 256 g/mol. The fraction of sp³-hybridized carbons (Fsp3) is 0.571. The van der Waals surface area contributed by atoms with E-state index < -0.39 is 0 Å². The van der Waals surface area contributed by atoms with E-state index in [1.54, 1.807) is 11.3 Å². The first-order valence-corrected chi connectivity index (χ1v) is 7.65. The van der Waals surface area contributed by atoms with Crippen molar-refractivity contribution in [3.8, 4) is 0 Å².